The number of halogens is 4. The summed E-state index contributed by atoms with van der Waals surface area (Å²) in [6.45, 7) is 1.51. The van der Waals surface area contributed by atoms with Gasteiger partial charge in [-0.25, -0.2) is 9.78 Å². The number of likely N-dealkylation sites (tertiary alicyclic amines) is 1. The summed E-state index contributed by atoms with van der Waals surface area (Å²) in [6.07, 6.45) is -2.80. The zero-order valence-electron chi connectivity index (χ0n) is 15.1. The fourth-order valence-corrected chi connectivity index (χ4v) is 4.00. The van der Waals surface area contributed by atoms with E-state index in [0.29, 0.717) is 39.1 Å². The second kappa shape index (κ2) is 6.97. The maximum Gasteiger partial charge on any atom is 0.420 e. The molecule has 4 rings (SSSR count). The Hall–Kier alpha value is -2.69. The SMILES string of the molecule is Nc1cc(C(F)(F)F)c2nc(C(=O)N3CCC(N4CCOC4=O)CC3)c(Cl)n2c1. The van der Waals surface area contributed by atoms with E-state index in [1.54, 1.807) is 4.90 Å². The molecule has 2 aliphatic heterocycles. The van der Waals surface area contributed by atoms with Crippen LogP contribution >= 0.6 is 11.6 Å². The minimum Gasteiger partial charge on any atom is -0.448 e. The third-order valence-electron chi connectivity index (χ3n) is 5.18. The minimum atomic E-state index is -4.70. The number of hydrogen-bond donors (Lipinski definition) is 1. The summed E-state index contributed by atoms with van der Waals surface area (Å²) >= 11 is 6.18. The number of cyclic esters (lactones) is 1. The zero-order valence-corrected chi connectivity index (χ0v) is 15.8. The summed E-state index contributed by atoms with van der Waals surface area (Å²) in [5.41, 5.74) is 3.60. The second-order valence-corrected chi connectivity index (χ2v) is 7.32. The monoisotopic (exact) mass is 431 g/mol. The molecule has 4 heterocycles. The van der Waals surface area contributed by atoms with Crippen molar-refractivity contribution in [2.75, 3.05) is 32.0 Å². The van der Waals surface area contributed by atoms with Gasteiger partial charge in [-0.15, -0.1) is 0 Å². The van der Waals surface area contributed by atoms with E-state index in [2.05, 4.69) is 4.98 Å². The van der Waals surface area contributed by atoms with E-state index in [9.17, 15) is 22.8 Å². The number of ether oxygens (including phenoxy) is 1. The molecular formula is C17H17ClF3N5O3. The summed E-state index contributed by atoms with van der Waals surface area (Å²) in [4.78, 5) is 31.6. The molecule has 2 aromatic heterocycles. The van der Waals surface area contributed by atoms with Gasteiger partial charge in [-0.2, -0.15) is 13.2 Å². The number of nitrogens with two attached hydrogens (primary N) is 1. The largest absolute Gasteiger partial charge is 0.448 e. The van der Waals surface area contributed by atoms with Gasteiger partial charge in [0.25, 0.3) is 5.91 Å². The molecular weight excluding hydrogens is 415 g/mol. The molecule has 2 amide bonds. The van der Waals surface area contributed by atoms with Crippen molar-refractivity contribution in [1.82, 2.24) is 19.2 Å². The van der Waals surface area contributed by atoms with Gasteiger partial charge in [-0.1, -0.05) is 11.6 Å². The molecule has 2 fully saturated rings. The highest BCUT2D eigenvalue weighted by atomic mass is 35.5. The van der Waals surface area contributed by atoms with Gasteiger partial charge in [0, 0.05) is 31.0 Å². The van der Waals surface area contributed by atoms with Crippen molar-refractivity contribution < 1.29 is 27.5 Å². The molecule has 0 atom stereocenters. The first kappa shape index (κ1) is 19.6. The van der Waals surface area contributed by atoms with Crippen LogP contribution in [0.3, 0.4) is 0 Å². The van der Waals surface area contributed by atoms with Gasteiger partial charge in [0.1, 0.15) is 17.3 Å². The molecule has 0 aromatic carbocycles. The lowest BCUT2D eigenvalue weighted by molar-refractivity contribution is -0.136. The number of carbonyl (C=O) groups excluding carboxylic acids is 2. The molecule has 156 valence electrons. The topological polar surface area (TPSA) is 93.2 Å². The molecule has 8 nitrogen and oxygen atoms in total. The third-order valence-corrected chi connectivity index (χ3v) is 5.54. The highest BCUT2D eigenvalue weighted by Crippen LogP contribution is 2.35. The van der Waals surface area contributed by atoms with Gasteiger partial charge >= 0.3 is 12.3 Å². The highest BCUT2D eigenvalue weighted by molar-refractivity contribution is 6.33. The van der Waals surface area contributed by atoms with Crippen molar-refractivity contribution in [3.63, 3.8) is 0 Å². The number of nitrogen functional groups attached to an aromatic ring is 1. The molecule has 0 unspecified atom stereocenters. The van der Waals surface area contributed by atoms with Crippen molar-refractivity contribution >= 4 is 34.9 Å². The fraction of sp³-hybridized carbons (Fsp3) is 0.471. The summed E-state index contributed by atoms with van der Waals surface area (Å²) in [5, 5.41) is -0.229. The van der Waals surface area contributed by atoms with Gasteiger partial charge < -0.3 is 20.3 Å². The van der Waals surface area contributed by atoms with Crippen molar-refractivity contribution in [3.05, 3.63) is 28.7 Å². The Morgan fingerprint density at radius 2 is 1.97 bits per heavy atom. The van der Waals surface area contributed by atoms with Crippen LogP contribution in [0, 0.1) is 0 Å². The van der Waals surface area contributed by atoms with Crippen LogP contribution in [0.4, 0.5) is 23.7 Å². The average Bonchev–Trinajstić information content (AvgIpc) is 3.24. The first-order valence-corrected chi connectivity index (χ1v) is 9.31. The molecule has 29 heavy (non-hydrogen) atoms. The summed E-state index contributed by atoms with van der Waals surface area (Å²) in [7, 11) is 0. The second-order valence-electron chi connectivity index (χ2n) is 6.96. The predicted molar refractivity (Wildman–Crippen MR) is 96.6 cm³/mol. The van der Waals surface area contributed by atoms with Crippen LogP contribution in [0.2, 0.25) is 5.15 Å². The predicted octanol–water partition coefficient (Wildman–Crippen LogP) is 2.65. The number of hydrogen-bond acceptors (Lipinski definition) is 5. The molecule has 2 aromatic rings. The fourth-order valence-electron chi connectivity index (χ4n) is 3.75. The van der Waals surface area contributed by atoms with E-state index < -0.39 is 23.3 Å². The number of aromatic nitrogens is 2. The number of imidazole rings is 1. The zero-order chi connectivity index (χ0) is 20.9. The Morgan fingerprint density at radius 3 is 2.55 bits per heavy atom. The van der Waals surface area contributed by atoms with Gasteiger partial charge in [0.05, 0.1) is 6.54 Å². The van der Waals surface area contributed by atoms with Crippen molar-refractivity contribution in [3.8, 4) is 0 Å². The third kappa shape index (κ3) is 3.43. The van der Waals surface area contributed by atoms with Crippen molar-refractivity contribution in [2.24, 2.45) is 0 Å². The molecule has 0 spiro atoms. The number of rotatable bonds is 2. The lowest BCUT2D eigenvalue weighted by Crippen LogP contribution is -2.47. The van der Waals surface area contributed by atoms with Crippen molar-refractivity contribution in [1.29, 1.82) is 0 Å². The lowest BCUT2D eigenvalue weighted by atomic mass is 10.0. The van der Waals surface area contributed by atoms with E-state index in [1.165, 1.54) is 11.1 Å². The van der Waals surface area contributed by atoms with Crippen LogP contribution in [0.1, 0.15) is 28.9 Å². The standard InChI is InChI=1S/C17H17ClF3N5O3/c18-13-12(23-14-11(17(19,20)21)7-9(22)8-26(13)14)15(27)24-3-1-10(2-4-24)25-5-6-29-16(25)28/h7-8,10H,1-6,22H2. The quantitative estimate of drug-likeness (QED) is 0.789. The molecule has 0 saturated carbocycles. The number of carbonyl (C=O) groups is 2. The number of pyridine rings is 1. The van der Waals surface area contributed by atoms with Crippen LogP contribution < -0.4 is 5.73 Å². The van der Waals surface area contributed by atoms with E-state index in [1.807, 2.05) is 0 Å². The highest BCUT2D eigenvalue weighted by Gasteiger charge is 2.37. The summed E-state index contributed by atoms with van der Waals surface area (Å²) < 4.78 is 45.9. The van der Waals surface area contributed by atoms with E-state index in [0.717, 1.165) is 10.5 Å². The Balaban J connectivity index is 1.58. The van der Waals surface area contributed by atoms with Gasteiger partial charge in [-0.3, -0.25) is 9.20 Å². The minimum absolute atomic E-state index is 0.0396. The van der Waals surface area contributed by atoms with Gasteiger partial charge in [0.2, 0.25) is 0 Å². The van der Waals surface area contributed by atoms with E-state index in [-0.39, 0.29) is 28.7 Å². The Morgan fingerprint density at radius 1 is 1.28 bits per heavy atom. The number of nitrogens with zero attached hydrogens (tertiary/aromatic N) is 4. The van der Waals surface area contributed by atoms with Crippen LogP contribution in [-0.2, 0) is 10.9 Å². The lowest BCUT2D eigenvalue weighted by Gasteiger charge is -2.35. The summed E-state index contributed by atoms with van der Waals surface area (Å²) in [5.74, 6) is -0.562. The Kier molecular flexibility index (Phi) is 4.72. The molecule has 2 aliphatic rings. The molecule has 0 radical (unpaired) electrons. The average molecular weight is 432 g/mol. The number of fused-ring (bicyclic) bond motifs is 1. The maximum atomic E-state index is 13.3. The first-order valence-electron chi connectivity index (χ1n) is 8.93. The molecule has 0 aliphatic carbocycles. The van der Waals surface area contributed by atoms with Crippen molar-refractivity contribution in [2.45, 2.75) is 25.1 Å². The van der Waals surface area contributed by atoms with Crippen LogP contribution in [0.5, 0.6) is 0 Å². The molecule has 0 bridgehead atoms. The normalized spacial score (nSPS) is 18.6. The molecule has 12 heteroatoms. The molecule has 2 saturated heterocycles. The number of alkyl halides is 3. The van der Waals surface area contributed by atoms with E-state index in [4.69, 9.17) is 22.1 Å². The van der Waals surface area contributed by atoms with Gasteiger partial charge in [-0.05, 0) is 18.9 Å². The van der Waals surface area contributed by atoms with Crippen LogP contribution in [-0.4, -0.2) is 63.5 Å². The first-order chi connectivity index (χ1) is 13.7. The smallest absolute Gasteiger partial charge is 0.420 e. The van der Waals surface area contributed by atoms with Crippen LogP contribution in [0.25, 0.3) is 5.65 Å². The van der Waals surface area contributed by atoms with E-state index >= 15 is 0 Å². The Bertz CT molecular complexity index is 985. The van der Waals surface area contributed by atoms with Gasteiger partial charge in [0.15, 0.2) is 11.3 Å². The number of piperidine rings is 1. The van der Waals surface area contributed by atoms with Crippen LogP contribution in [0.15, 0.2) is 12.3 Å². The number of anilines is 1. The molecule has 2 N–H and O–H groups in total. The summed E-state index contributed by atoms with van der Waals surface area (Å²) in [6, 6.07) is 0.718. The Labute approximate surface area is 168 Å². The number of amides is 2. The maximum absolute atomic E-state index is 13.3.